The summed E-state index contributed by atoms with van der Waals surface area (Å²) in [5.41, 5.74) is 0. The summed E-state index contributed by atoms with van der Waals surface area (Å²) in [7, 11) is 4.07. The second-order valence-electron chi connectivity index (χ2n) is 1.07. The maximum Gasteiger partial charge on any atom is -0.0110 e. The van der Waals surface area contributed by atoms with Crippen molar-refractivity contribution in [2.45, 2.75) is 13.8 Å². The Morgan fingerprint density at radius 2 is 1.67 bits per heavy atom. The first-order valence-corrected chi connectivity index (χ1v) is 4.98. The van der Waals surface area contributed by atoms with Crippen LogP contribution >= 0.6 is 8.02 Å². The van der Waals surface area contributed by atoms with Crippen LogP contribution in [0.5, 0.6) is 0 Å². The predicted molar refractivity (Wildman–Crippen MR) is 36.8 cm³/mol. The van der Waals surface area contributed by atoms with E-state index in [4.69, 9.17) is 0 Å². The zero-order valence-corrected chi connectivity index (χ0v) is 6.14. The van der Waals surface area contributed by atoms with E-state index in [1.807, 2.05) is 0 Å². The molecule has 0 aromatic carbocycles. The molecule has 0 aromatic rings. The maximum absolute atomic E-state index is 3.55. The van der Waals surface area contributed by atoms with Crippen LogP contribution in [0.3, 0.4) is 0 Å². The van der Waals surface area contributed by atoms with Gasteiger partial charge in [0.25, 0.3) is 0 Å². The summed E-state index contributed by atoms with van der Waals surface area (Å²) in [5.74, 6) is 2.54. The molecule has 0 aliphatic carbocycles. The molecule has 0 rings (SSSR count). The fourth-order valence-corrected chi connectivity index (χ4v) is 0.612. The minimum Gasteiger partial charge on any atom is -0.166 e. The summed E-state index contributed by atoms with van der Waals surface area (Å²) in [4.78, 5) is 0. The van der Waals surface area contributed by atoms with Crippen molar-refractivity contribution in [2.24, 2.45) is 0 Å². The minimum absolute atomic E-state index is 0.522. The van der Waals surface area contributed by atoms with Gasteiger partial charge in [0, 0.05) is 0 Å². The third-order valence-electron chi connectivity index (χ3n) is 0.697. The highest BCUT2D eigenvalue weighted by atomic mass is 32.5. The second-order valence-corrected chi connectivity index (χ2v) is 4.94. The highest BCUT2D eigenvalue weighted by molar-refractivity contribution is 8.15. The molecule has 0 heterocycles. The van der Waals surface area contributed by atoms with Crippen LogP contribution in [0.2, 0.25) is 0 Å². The van der Waals surface area contributed by atoms with E-state index in [1.165, 1.54) is 11.5 Å². The largest absolute Gasteiger partial charge is 0.166 e. The molecule has 0 spiro atoms. The highest BCUT2D eigenvalue weighted by Crippen LogP contribution is 1.86. The molecule has 0 aliphatic rings. The monoisotopic (exact) mass is 122 g/mol. The van der Waals surface area contributed by atoms with Crippen molar-refractivity contribution in [1.29, 1.82) is 0 Å². The minimum atomic E-state index is 0.522. The van der Waals surface area contributed by atoms with Crippen molar-refractivity contribution in [2.75, 3.05) is 11.5 Å². The molecule has 0 bridgehead atoms. The van der Waals surface area contributed by atoms with Crippen LogP contribution in [-0.4, -0.2) is 11.5 Å². The fraction of sp³-hybridized carbons (Fsp3) is 1.00. The lowest BCUT2D eigenvalue weighted by molar-refractivity contribution is 1.46. The molecule has 0 aliphatic heterocycles. The first-order chi connectivity index (χ1) is 2.81. The van der Waals surface area contributed by atoms with Crippen molar-refractivity contribution in [3.63, 3.8) is 0 Å². The van der Waals surface area contributed by atoms with Gasteiger partial charge in [-0.05, 0) is 11.5 Å². The van der Waals surface area contributed by atoms with E-state index in [0.717, 1.165) is 0 Å². The fourth-order valence-electron chi connectivity index (χ4n) is 0.204. The Kier molecular flexibility index (Phi) is 4.24. The molecule has 0 aromatic heterocycles. The lowest BCUT2D eigenvalue weighted by Gasteiger charge is -1.91. The van der Waals surface area contributed by atoms with Gasteiger partial charge in [-0.2, -0.15) is 10.1 Å². The van der Waals surface area contributed by atoms with Gasteiger partial charge in [-0.1, -0.05) is 21.9 Å². The Morgan fingerprint density at radius 1 is 1.33 bits per heavy atom. The van der Waals surface area contributed by atoms with E-state index in [-0.39, 0.29) is 0 Å². The van der Waals surface area contributed by atoms with E-state index in [9.17, 15) is 0 Å². The van der Waals surface area contributed by atoms with Crippen LogP contribution in [-0.2, 0) is 10.1 Å². The Hall–Kier alpha value is 0.650. The first-order valence-electron chi connectivity index (χ1n) is 2.20. The zero-order chi connectivity index (χ0) is 4.99. The van der Waals surface area contributed by atoms with Crippen LogP contribution in [0.4, 0.5) is 0 Å². The summed E-state index contributed by atoms with van der Waals surface area (Å²) in [5, 5.41) is 0. The summed E-state index contributed by atoms with van der Waals surface area (Å²) in [6.07, 6.45) is 0. The van der Waals surface area contributed by atoms with Crippen molar-refractivity contribution >= 4 is 18.1 Å². The SMILES string of the molecule is CCS(=P)CC. The Labute approximate surface area is 44.1 Å². The molecule has 6 heavy (non-hydrogen) atoms. The van der Waals surface area contributed by atoms with Crippen molar-refractivity contribution in [3.05, 3.63) is 0 Å². The van der Waals surface area contributed by atoms with Crippen molar-refractivity contribution < 1.29 is 0 Å². The van der Waals surface area contributed by atoms with Gasteiger partial charge in [0.05, 0.1) is 0 Å². The molecule has 0 amide bonds. The molecule has 0 atom stereocenters. The molecule has 0 saturated heterocycles. The van der Waals surface area contributed by atoms with Gasteiger partial charge in [-0.15, -0.1) is 0 Å². The van der Waals surface area contributed by atoms with Crippen molar-refractivity contribution in [3.8, 4) is 0 Å². The molecule has 2 heteroatoms. The van der Waals surface area contributed by atoms with Gasteiger partial charge in [0.1, 0.15) is 0 Å². The number of rotatable bonds is 2. The van der Waals surface area contributed by atoms with E-state index in [1.54, 1.807) is 0 Å². The third-order valence-corrected chi connectivity index (χ3v) is 3.82. The Morgan fingerprint density at radius 3 is 1.67 bits per heavy atom. The molecular formula is C4H11PS. The van der Waals surface area contributed by atoms with Gasteiger partial charge < -0.3 is 0 Å². The van der Waals surface area contributed by atoms with Gasteiger partial charge in [0.2, 0.25) is 0 Å². The van der Waals surface area contributed by atoms with Crippen LogP contribution in [0.1, 0.15) is 13.8 Å². The van der Waals surface area contributed by atoms with E-state index in [0.29, 0.717) is 10.1 Å². The van der Waals surface area contributed by atoms with Gasteiger partial charge >= 0.3 is 0 Å². The van der Waals surface area contributed by atoms with Crippen LogP contribution in [0.15, 0.2) is 0 Å². The lowest BCUT2D eigenvalue weighted by Crippen LogP contribution is -1.88. The average Bonchev–Trinajstić information content (AvgIpc) is 1.65. The summed E-state index contributed by atoms with van der Waals surface area (Å²) in [6, 6.07) is 0. The number of hydrogen-bond acceptors (Lipinski definition) is 0. The standard InChI is InChI=1S/C4H11PS/c1-3-6(5)4-2/h5H,3-4H2,1-2H3. The maximum atomic E-state index is 3.55. The Balaban J connectivity index is 2.99. The summed E-state index contributed by atoms with van der Waals surface area (Å²) >= 11 is 0. The molecule has 0 fully saturated rings. The quantitative estimate of drug-likeness (QED) is 0.489. The first kappa shape index (κ1) is 6.65. The van der Waals surface area contributed by atoms with Crippen LogP contribution in [0, 0.1) is 0 Å². The predicted octanol–water partition coefficient (Wildman–Crippen LogP) is 1.70. The lowest BCUT2D eigenvalue weighted by atomic mass is 11.0. The highest BCUT2D eigenvalue weighted by Gasteiger charge is 1.76. The summed E-state index contributed by atoms with van der Waals surface area (Å²) < 4.78 is 0. The average molecular weight is 122 g/mol. The molecule has 0 unspecified atom stereocenters. The van der Waals surface area contributed by atoms with Gasteiger partial charge in [-0.3, -0.25) is 0 Å². The van der Waals surface area contributed by atoms with Crippen LogP contribution in [0.25, 0.3) is 0 Å². The third kappa shape index (κ3) is 2.87. The zero-order valence-electron chi connectivity index (χ0n) is 4.32. The molecule has 0 N–H and O–H groups in total. The number of hydrogen-bond donors (Lipinski definition) is 0. The Bertz CT molecular complexity index is 45.5. The molecule has 0 saturated carbocycles. The van der Waals surface area contributed by atoms with E-state index < -0.39 is 0 Å². The topological polar surface area (TPSA) is 0 Å². The van der Waals surface area contributed by atoms with E-state index >= 15 is 0 Å². The van der Waals surface area contributed by atoms with E-state index in [2.05, 4.69) is 21.9 Å². The van der Waals surface area contributed by atoms with Crippen molar-refractivity contribution in [1.82, 2.24) is 0 Å². The van der Waals surface area contributed by atoms with Crippen LogP contribution < -0.4 is 0 Å². The molecule has 0 nitrogen and oxygen atoms in total. The molecule has 38 valence electrons. The normalized spacial score (nSPS) is 9.83. The van der Waals surface area contributed by atoms with Gasteiger partial charge in [0.15, 0.2) is 0 Å². The smallest absolute Gasteiger partial charge is 0.0110 e. The molecular weight excluding hydrogens is 111 g/mol. The molecule has 0 radical (unpaired) electrons. The van der Waals surface area contributed by atoms with Gasteiger partial charge in [-0.25, -0.2) is 0 Å². The summed E-state index contributed by atoms with van der Waals surface area (Å²) in [6.45, 7) is 4.39. The second kappa shape index (κ2) is 3.83.